The van der Waals surface area contributed by atoms with Crippen molar-refractivity contribution in [1.29, 1.82) is 0 Å². The standard InChI is InChI=1S/C12H18N2O2S/c1-15-10-4-2-3-9(7-10)12(14-13)11-8-17-6-5-16-11/h2-4,7,11-12,14H,5-6,8,13H2,1H3. The first-order chi connectivity index (χ1) is 8.35. The minimum absolute atomic E-state index is 0.0119. The number of ether oxygens (including phenoxy) is 2. The van der Waals surface area contributed by atoms with Crippen LogP contribution in [0.25, 0.3) is 0 Å². The summed E-state index contributed by atoms with van der Waals surface area (Å²) in [6.07, 6.45) is 0.117. The Kier molecular flexibility index (Phi) is 4.67. The van der Waals surface area contributed by atoms with Crippen LogP contribution < -0.4 is 16.0 Å². The summed E-state index contributed by atoms with van der Waals surface area (Å²) in [5, 5.41) is 0. The zero-order valence-electron chi connectivity index (χ0n) is 9.89. The molecule has 2 atom stereocenters. The Morgan fingerprint density at radius 1 is 1.59 bits per heavy atom. The van der Waals surface area contributed by atoms with Crippen molar-refractivity contribution in [1.82, 2.24) is 5.43 Å². The lowest BCUT2D eigenvalue weighted by Gasteiger charge is -2.30. The van der Waals surface area contributed by atoms with E-state index in [2.05, 4.69) is 5.43 Å². The Labute approximate surface area is 106 Å². The average Bonchev–Trinajstić information content (AvgIpc) is 2.41. The smallest absolute Gasteiger partial charge is 0.119 e. The molecule has 1 aromatic rings. The molecule has 0 radical (unpaired) electrons. The number of nitrogens with one attached hydrogen (secondary N) is 1. The molecule has 0 spiro atoms. The number of hydrogen-bond acceptors (Lipinski definition) is 5. The number of rotatable bonds is 4. The highest BCUT2D eigenvalue weighted by Gasteiger charge is 2.25. The van der Waals surface area contributed by atoms with Crippen LogP contribution in [0.15, 0.2) is 24.3 Å². The zero-order chi connectivity index (χ0) is 12.1. The van der Waals surface area contributed by atoms with Crippen molar-refractivity contribution >= 4 is 11.8 Å². The van der Waals surface area contributed by atoms with Crippen LogP contribution in [0, 0.1) is 0 Å². The Balaban J connectivity index is 2.15. The van der Waals surface area contributed by atoms with Gasteiger partial charge < -0.3 is 9.47 Å². The second kappa shape index (κ2) is 6.26. The summed E-state index contributed by atoms with van der Waals surface area (Å²) in [6.45, 7) is 0.789. The van der Waals surface area contributed by atoms with E-state index in [0.29, 0.717) is 0 Å². The highest BCUT2D eigenvalue weighted by Crippen LogP contribution is 2.27. The molecule has 3 N–H and O–H groups in total. The van der Waals surface area contributed by atoms with Crippen molar-refractivity contribution < 1.29 is 9.47 Å². The van der Waals surface area contributed by atoms with Gasteiger partial charge in [-0.2, -0.15) is 11.8 Å². The molecule has 5 heteroatoms. The van der Waals surface area contributed by atoms with Crippen LogP contribution in [-0.2, 0) is 4.74 Å². The van der Waals surface area contributed by atoms with E-state index < -0.39 is 0 Å². The third-order valence-corrected chi connectivity index (χ3v) is 3.87. The maximum Gasteiger partial charge on any atom is 0.119 e. The van der Waals surface area contributed by atoms with Gasteiger partial charge in [0.1, 0.15) is 5.75 Å². The molecule has 94 valence electrons. The van der Waals surface area contributed by atoms with Gasteiger partial charge >= 0.3 is 0 Å². The summed E-state index contributed by atoms with van der Waals surface area (Å²) in [6, 6.07) is 7.93. The van der Waals surface area contributed by atoms with E-state index in [1.54, 1.807) is 7.11 Å². The minimum Gasteiger partial charge on any atom is -0.497 e. The van der Waals surface area contributed by atoms with Crippen molar-refractivity contribution in [2.24, 2.45) is 5.84 Å². The molecular formula is C12H18N2O2S. The highest BCUT2D eigenvalue weighted by molar-refractivity contribution is 7.99. The first-order valence-corrected chi connectivity index (χ1v) is 6.80. The highest BCUT2D eigenvalue weighted by atomic mass is 32.2. The third-order valence-electron chi connectivity index (χ3n) is 2.85. The summed E-state index contributed by atoms with van der Waals surface area (Å²) in [5.41, 5.74) is 3.94. The molecular weight excluding hydrogens is 236 g/mol. The molecule has 1 fully saturated rings. The molecule has 17 heavy (non-hydrogen) atoms. The molecule has 1 heterocycles. The van der Waals surface area contributed by atoms with Gasteiger partial charge in [-0.05, 0) is 17.7 Å². The predicted molar refractivity (Wildman–Crippen MR) is 70.1 cm³/mol. The number of nitrogens with two attached hydrogens (primary N) is 1. The Morgan fingerprint density at radius 2 is 2.47 bits per heavy atom. The van der Waals surface area contributed by atoms with Gasteiger partial charge in [-0.1, -0.05) is 12.1 Å². The summed E-state index contributed by atoms with van der Waals surface area (Å²) in [5.74, 6) is 8.51. The zero-order valence-corrected chi connectivity index (χ0v) is 10.7. The molecule has 2 unspecified atom stereocenters. The lowest BCUT2D eigenvalue weighted by molar-refractivity contribution is 0.0467. The lowest BCUT2D eigenvalue weighted by Crippen LogP contribution is -2.41. The van der Waals surface area contributed by atoms with Gasteiger partial charge in [0.05, 0.1) is 25.9 Å². The van der Waals surface area contributed by atoms with Gasteiger partial charge in [-0.3, -0.25) is 11.3 Å². The second-order valence-corrected chi connectivity index (χ2v) is 5.05. The topological polar surface area (TPSA) is 56.5 Å². The fourth-order valence-electron chi connectivity index (χ4n) is 1.95. The number of methoxy groups -OCH3 is 1. The lowest BCUT2D eigenvalue weighted by atomic mass is 10.0. The first-order valence-electron chi connectivity index (χ1n) is 5.64. The maximum absolute atomic E-state index is 5.75. The Hall–Kier alpha value is -0.750. The number of benzene rings is 1. The third kappa shape index (κ3) is 3.13. The van der Waals surface area contributed by atoms with E-state index in [0.717, 1.165) is 29.4 Å². The minimum atomic E-state index is 0.0119. The van der Waals surface area contributed by atoms with Gasteiger partial charge in [0.25, 0.3) is 0 Å². The molecule has 0 saturated carbocycles. The Bertz CT molecular complexity index is 356. The van der Waals surface area contributed by atoms with Crippen molar-refractivity contribution in [3.8, 4) is 5.75 Å². The van der Waals surface area contributed by atoms with Crippen LogP contribution in [0.3, 0.4) is 0 Å². The van der Waals surface area contributed by atoms with Gasteiger partial charge in [0.15, 0.2) is 0 Å². The van der Waals surface area contributed by atoms with Crippen molar-refractivity contribution in [3.05, 3.63) is 29.8 Å². The second-order valence-electron chi connectivity index (χ2n) is 3.91. The Morgan fingerprint density at radius 3 is 3.12 bits per heavy atom. The van der Waals surface area contributed by atoms with E-state index >= 15 is 0 Å². The molecule has 1 aromatic carbocycles. The molecule has 0 amide bonds. The average molecular weight is 254 g/mol. The molecule has 0 aromatic heterocycles. The van der Waals surface area contributed by atoms with Crippen molar-refractivity contribution in [2.45, 2.75) is 12.1 Å². The SMILES string of the molecule is COc1cccc(C(NN)C2CSCCO2)c1. The molecule has 0 aliphatic carbocycles. The molecule has 1 saturated heterocycles. The van der Waals surface area contributed by atoms with Crippen LogP contribution in [0.4, 0.5) is 0 Å². The van der Waals surface area contributed by atoms with E-state index in [9.17, 15) is 0 Å². The summed E-state index contributed by atoms with van der Waals surface area (Å²) in [7, 11) is 1.66. The van der Waals surface area contributed by atoms with Crippen LogP contribution in [0.5, 0.6) is 5.75 Å². The molecule has 1 aliphatic heterocycles. The number of thioether (sulfide) groups is 1. The maximum atomic E-state index is 5.75. The van der Waals surface area contributed by atoms with Gasteiger partial charge in [-0.15, -0.1) is 0 Å². The van der Waals surface area contributed by atoms with Crippen LogP contribution in [0.2, 0.25) is 0 Å². The quantitative estimate of drug-likeness (QED) is 0.627. The summed E-state index contributed by atoms with van der Waals surface area (Å²) >= 11 is 1.90. The van der Waals surface area contributed by atoms with Gasteiger partial charge in [0.2, 0.25) is 0 Å². The fraction of sp³-hybridized carbons (Fsp3) is 0.500. The number of hydrazine groups is 1. The van der Waals surface area contributed by atoms with Gasteiger partial charge in [0, 0.05) is 11.5 Å². The first kappa shape index (κ1) is 12.7. The fourth-order valence-corrected chi connectivity index (χ4v) is 2.85. The monoisotopic (exact) mass is 254 g/mol. The molecule has 2 rings (SSSR count). The molecule has 1 aliphatic rings. The van der Waals surface area contributed by atoms with Crippen molar-refractivity contribution in [2.75, 3.05) is 25.2 Å². The normalized spacial score (nSPS) is 22.1. The molecule has 0 bridgehead atoms. The molecule has 4 nitrogen and oxygen atoms in total. The summed E-state index contributed by atoms with van der Waals surface area (Å²) in [4.78, 5) is 0. The summed E-state index contributed by atoms with van der Waals surface area (Å²) < 4.78 is 11.0. The van der Waals surface area contributed by atoms with Crippen LogP contribution >= 0.6 is 11.8 Å². The van der Waals surface area contributed by atoms with E-state index in [4.69, 9.17) is 15.3 Å². The van der Waals surface area contributed by atoms with Gasteiger partial charge in [-0.25, -0.2) is 0 Å². The van der Waals surface area contributed by atoms with E-state index in [1.807, 2.05) is 36.0 Å². The number of hydrogen-bond donors (Lipinski definition) is 2. The van der Waals surface area contributed by atoms with E-state index in [-0.39, 0.29) is 12.1 Å². The van der Waals surface area contributed by atoms with E-state index in [1.165, 1.54) is 0 Å². The van der Waals surface area contributed by atoms with Crippen molar-refractivity contribution in [3.63, 3.8) is 0 Å². The van der Waals surface area contributed by atoms with Crippen LogP contribution in [-0.4, -0.2) is 31.3 Å². The predicted octanol–water partition coefficient (Wildman–Crippen LogP) is 1.33. The van der Waals surface area contributed by atoms with Crippen LogP contribution in [0.1, 0.15) is 11.6 Å². The largest absolute Gasteiger partial charge is 0.497 e.